The average molecular weight is 456 g/mol. The van der Waals surface area contributed by atoms with E-state index < -0.39 is 0 Å². The van der Waals surface area contributed by atoms with Gasteiger partial charge in [0.05, 0.1) is 21.3 Å². The molecule has 0 aliphatic heterocycles. The van der Waals surface area contributed by atoms with E-state index in [0.29, 0.717) is 17.5 Å². The van der Waals surface area contributed by atoms with Gasteiger partial charge in [0.25, 0.3) is 0 Å². The van der Waals surface area contributed by atoms with Crippen LogP contribution in [0, 0.1) is 0 Å². The lowest BCUT2D eigenvalue weighted by Gasteiger charge is -1.87. The number of ether oxygens (including phenoxy) is 3. The summed E-state index contributed by atoms with van der Waals surface area (Å²) in [6, 6.07) is 0. The van der Waals surface area contributed by atoms with Crippen LogP contribution < -0.4 is 0 Å². The van der Waals surface area contributed by atoms with Crippen LogP contribution in [-0.2, 0) is 28.6 Å². The third kappa shape index (κ3) is 12.5. The SMILES string of the molecule is COC(=O)/C=C\c1ncc[nH]1.COC(=O)/C=C\c1ncc[nH]1.COC(=O)/C=C\c1ncc[nH]1. The van der Waals surface area contributed by atoms with Crippen LogP contribution >= 0.6 is 0 Å². The van der Waals surface area contributed by atoms with Gasteiger partial charge in [-0.15, -0.1) is 0 Å². The fraction of sp³-hybridized carbons (Fsp3) is 0.143. The van der Waals surface area contributed by atoms with Crippen LogP contribution in [0.3, 0.4) is 0 Å². The predicted molar refractivity (Wildman–Crippen MR) is 119 cm³/mol. The van der Waals surface area contributed by atoms with Gasteiger partial charge >= 0.3 is 17.9 Å². The van der Waals surface area contributed by atoms with Gasteiger partial charge in [0.15, 0.2) is 0 Å². The van der Waals surface area contributed by atoms with E-state index in [-0.39, 0.29) is 17.9 Å². The molecule has 3 heterocycles. The zero-order valence-corrected chi connectivity index (χ0v) is 18.2. The van der Waals surface area contributed by atoms with Crippen molar-refractivity contribution in [3.63, 3.8) is 0 Å². The van der Waals surface area contributed by atoms with Crippen molar-refractivity contribution >= 4 is 36.1 Å². The molecule has 0 aliphatic carbocycles. The van der Waals surface area contributed by atoms with Crippen LogP contribution in [-0.4, -0.2) is 69.1 Å². The summed E-state index contributed by atoms with van der Waals surface area (Å²) in [5, 5.41) is 0. The second kappa shape index (κ2) is 16.0. The number of imidazole rings is 3. The fourth-order valence-electron chi connectivity index (χ4n) is 1.75. The summed E-state index contributed by atoms with van der Waals surface area (Å²) in [7, 11) is 3.98. The third-order valence-electron chi connectivity index (χ3n) is 3.29. The van der Waals surface area contributed by atoms with Crippen LogP contribution in [0.2, 0.25) is 0 Å². The van der Waals surface area contributed by atoms with Gasteiger partial charge in [-0.2, -0.15) is 0 Å². The molecule has 12 heteroatoms. The summed E-state index contributed by atoms with van der Waals surface area (Å²) in [5.74, 6) is 0.741. The van der Waals surface area contributed by atoms with E-state index in [1.54, 1.807) is 55.4 Å². The number of hydrogen-bond acceptors (Lipinski definition) is 9. The summed E-state index contributed by atoms with van der Waals surface area (Å²) in [6.07, 6.45) is 18.4. The van der Waals surface area contributed by atoms with Gasteiger partial charge in [0.2, 0.25) is 0 Å². The molecule has 0 fully saturated rings. The molecule has 0 amide bonds. The fourth-order valence-corrected chi connectivity index (χ4v) is 1.75. The monoisotopic (exact) mass is 456 g/mol. The maximum absolute atomic E-state index is 10.6. The largest absolute Gasteiger partial charge is 0.466 e. The Morgan fingerprint density at radius 1 is 0.606 bits per heavy atom. The summed E-state index contributed by atoms with van der Waals surface area (Å²) in [6.45, 7) is 0. The molecule has 0 saturated carbocycles. The van der Waals surface area contributed by atoms with E-state index in [0.717, 1.165) is 0 Å². The highest BCUT2D eigenvalue weighted by molar-refractivity contribution is 5.87. The molecule has 33 heavy (non-hydrogen) atoms. The molecule has 0 saturated heterocycles. The number of esters is 3. The molecule has 3 aromatic rings. The van der Waals surface area contributed by atoms with E-state index in [1.807, 2.05) is 0 Å². The number of aromatic nitrogens is 6. The summed E-state index contributed by atoms with van der Waals surface area (Å²) >= 11 is 0. The van der Waals surface area contributed by atoms with Gasteiger partial charge in [-0.25, -0.2) is 29.3 Å². The molecule has 0 bridgehead atoms. The predicted octanol–water partition coefficient (Wildman–Crippen LogP) is 1.79. The Bertz CT molecular complexity index is 888. The molecule has 174 valence electrons. The number of nitrogens with zero attached hydrogens (tertiary/aromatic N) is 3. The van der Waals surface area contributed by atoms with Crippen LogP contribution in [0.5, 0.6) is 0 Å². The van der Waals surface area contributed by atoms with Gasteiger partial charge in [-0.05, 0) is 18.2 Å². The second-order valence-corrected chi connectivity index (χ2v) is 5.49. The van der Waals surface area contributed by atoms with Crippen molar-refractivity contribution < 1.29 is 28.6 Å². The zero-order valence-electron chi connectivity index (χ0n) is 18.2. The van der Waals surface area contributed by atoms with E-state index >= 15 is 0 Å². The molecule has 0 aromatic carbocycles. The number of hydrogen-bond donors (Lipinski definition) is 3. The molecular formula is C21H24N6O6. The molecular weight excluding hydrogens is 432 g/mol. The van der Waals surface area contributed by atoms with E-state index in [2.05, 4.69) is 44.1 Å². The Balaban J connectivity index is 0.000000247. The molecule has 0 aliphatic rings. The van der Waals surface area contributed by atoms with Crippen LogP contribution in [0.1, 0.15) is 17.5 Å². The van der Waals surface area contributed by atoms with Gasteiger partial charge < -0.3 is 29.2 Å². The molecule has 3 N–H and O–H groups in total. The molecule has 0 radical (unpaired) electrons. The number of carbonyl (C=O) groups excluding carboxylic acids is 3. The first-order valence-corrected chi connectivity index (χ1v) is 9.24. The maximum Gasteiger partial charge on any atom is 0.330 e. The first-order valence-electron chi connectivity index (χ1n) is 9.24. The van der Waals surface area contributed by atoms with Crippen molar-refractivity contribution in [3.05, 3.63) is 72.9 Å². The average Bonchev–Trinajstić information content (AvgIpc) is 3.64. The minimum Gasteiger partial charge on any atom is -0.466 e. The minimum absolute atomic E-state index is 0.388. The zero-order chi connectivity index (χ0) is 24.3. The Morgan fingerprint density at radius 2 is 0.879 bits per heavy atom. The molecule has 12 nitrogen and oxygen atoms in total. The second-order valence-electron chi connectivity index (χ2n) is 5.49. The summed E-state index contributed by atoms with van der Waals surface area (Å²) in [5.41, 5.74) is 0. The molecule has 0 atom stereocenters. The maximum atomic E-state index is 10.6. The van der Waals surface area contributed by atoms with Crippen molar-refractivity contribution in [1.29, 1.82) is 0 Å². The van der Waals surface area contributed by atoms with Crippen molar-refractivity contribution in [1.82, 2.24) is 29.9 Å². The number of H-pyrrole nitrogens is 3. The standard InChI is InChI=1S/3C7H8N2O2/c3*1-11-7(10)3-2-6-8-4-5-9-6/h3*2-5H,1H3,(H,8,9)/b3*3-2-. The summed E-state index contributed by atoms with van der Waals surface area (Å²) < 4.78 is 13.1. The van der Waals surface area contributed by atoms with Gasteiger partial charge in [0, 0.05) is 55.4 Å². The van der Waals surface area contributed by atoms with E-state index in [9.17, 15) is 14.4 Å². The highest BCUT2D eigenvalue weighted by Crippen LogP contribution is 1.93. The van der Waals surface area contributed by atoms with Gasteiger partial charge in [-0.3, -0.25) is 0 Å². The lowest BCUT2D eigenvalue weighted by Crippen LogP contribution is -1.93. The first kappa shape index (κ1) is 26.3. The topological polar surface area (TPSA) is 165 Å². The quantitative estimate of drug-likeness (QED) is 0.285. The van der Waals surface area contributed by atoms with Crippen molar-refractivity contribution in [2.75, 3.05) is 21.3 Å². The van der Waals surface area contributed by atoms with E-state index in [1.165, 1.54) is 39.6 Å². The van der Waals surface area contributed by atoms with E-state index in [4.69, 9.17) is 0 Å². The van der Waals surface area contributed by atoms with Crippen molar-refractivity contribution in [2.24, 2.45) is 0 Å². The van der Waals surface area contributed by atoms with Crippen LogP contribution in [0.4, 0.5) is 0 Å². The van der Waals surface area contributed by atoms with Gasteiger partial charge in [0.1, 0.15) is 17.5 Å². The number of nitrogens with one attached hydrogen (secondary N) is 3. The number of methoxy groups -OCH3 is 3. The minimum atomic E-state index is -0.388. The Labute approximate surface area is 189 Å². The summed E-state index contributed by atoms with van der Waals surface area (Å²) in [4.78, 5) is 51.7. The van der Waals surface area contributed by atoms with Crippen LogP contribution in [0.15, 0.2) is 55.4 Å². The normalized spacial score (nSPS) is 10.3. The van der Waals surface area contributed by atoms with Crippen LogP contribution in [0.25, 0.3) is 18.2 Å². The highest BCUT2D eigenvalue weighted by Gasteiger charge is 1.93. The Kier molecular flexibility index (Phi) is 12.8. The third-order valence-corrected chi connectivity index (χ3v) is 3.29. The smallest absolute Gasteiger partial charge is 0.330 e. The lowest BCUT2D eigenvalue weighted by molar-refractivity contribution is -0.135. The number of carbonyl (C=O) groups is 3. The number of rotatable bonds is 6. The lowest BCUT2D eigenvalue weighted by atomic mass is 10.5. The number of aromatic amines is 3. The first-order chi connectivity index (χ1) is 16.0. The molecule has 0 spiro atoms. The van der Waals surface area contributed by atoms with Crippen molar-refractivity contribution in [2.45, 2.75) is 0 Å². The van der Waals surface area contributed by atoms with Crippen molar-refractivity contribution in [3.8, 4) is 0 Å². The van der Waals surface area contributed by atoms with Gasteiger partial charge in [-0.1, -0.05) is 0 Å². The Morgan fingerprint density at radius 3 is 1.06 bits per heavy atom. The highest BCUT2D eigenvalue weighted by atomic mass is 16.5. The molecule has 3 rings (SSSR count). The Hall–Kier alpha value is -4.74. The molecule has 3 aromatic heterocycles. The molecule has 0 unspecified atom stereocenters.